The maximum atomic E-state index is 14.2. The van der Waals surface area contributed by atoms with E-state index in [-0.39, 0.29) is 24.3 Å². The SMILES string of the molecule is COC(=O)[C@H]1CN(Cc2ccccc2)C[C@@H]1c1ccc(F)cc1F.Cl. The minimum Gasteiger partial charge on any atom is -0.469 e. The number of likely N-dealkylation sites (tertiary alicyclic amines) is 1. The Balaban J connectivity index is 0.00000225. The van der Waals surface area contributed by atoms with Gasteiger partial charge in [-0.05, 0) is 17.2 Å². The first-order valence-electron chi connectivity index (χ1n) is 7.87. The topological polar surface area (TPSA) is 29.5 Å². The predicted molar refractivity (Wildman–Crippen MR) is 93.6 cm³/mol. The molecule has 3 rings (SSSR count). The van der Waals surface area contributed by atoms with E-state index in [1.54, 1.807) is 0 Å². The van der Waals surface area contributed by atoms with Gasteiger partial charge in [-0.25, -0.2) is 8.78 Å². The lowest BCUT2D eigenvalue weighted by Gasteiger charge is -2.17. The standard InChI is InChI=1S/C19H19F2NO2.ClH/c1-24-19(23)17-12-22(10-13-5-3-2-4-6-13)11-16(17)15-8-7-14(20)9-18(15)21;/h2-9,16-17H,10-12H2,1H3;1H/t16-,17+;/m1./s1. The third-order valence-corrected chi connectivity index (χ3v) is 4.51. The molecule has 1 saturated heterocycles. The molecule has 0 aliphatic carbocycles. The van der Waals surface area contributed by atoms with Crippen molar-refractivity contribution in [3.05, 3.63) is 71.3 Å². The van der Waals surface area contributed by atoms with Crippen LogP contribution in [0.3, 0.4) is 0 Å². The van der Waals surface area contributed by atoms with Crippen LogP contribution >= 0.6 is 12.4 Å². The third-order valence-electron chi connectivity index (χ3n) is 4.51. The number of esters is 1. The predicted octanol–water partition coefficient (Wildman–Crippen LogP) is 3.78. The van der Waals surface area contributed by atoms with Crippen LogP contribution in [-0.2, 0) is 16.1 Å². The van der Waals surface area contributed by atoms with Crippen molar-refractivity contribution in [2.24, 2.45) is 5.92 Å². The Hall–Kier alpha value is -1.98. The number of benzene rings is 2. The lowest BCUT2D eigenvalue weighted by molar-refractivity contribution is -0.145. The van der Waals surface area contributed by atoms with E-state index in [9.17, 15) is 13.6 Å². The monoisotopic (exact) mass is 367 g/mol. The van der Waals surface area contributed by atoms with Crippen LogP contribution in [0.2, 0.25) is 0 Å². The maximum absolute atomic E-state index is 14.2. The summed E-state index contributed by atoms with van der Waals surface area (Å²) in [6.07, 6.45) is 0. The van der Waals surface area contributed by atoms with Gasteiger partial charge in [0, 0.05) is 31.6 Å². The van der Waals surface area contributed by atoms with Gasteiger partial charge in [-0.15, -0.1) is 12.4 Å². The summed E-state index contributed by atoms with van der Waals surface area (Å²) >= 11 is 0. The summed E-state index contributed by atoms with van der Waals surface area (Å²) in [4.78, 5) is 14.2. The molecule has 25 heavy (non-hydrogen) atoms. The minimum atomic E-state index is -0.620. The molecule has 0 saturated carbocycles. The fourth-order valence-corrected chi connectivity index (χ4v) is 3.36. The Bertz CT molecular complexity index is 727. The highest BCUT2D eigenvalue weighted by Crippen LogP contribution is 2.35. The normalized spacial score (nSPS) is 20.1. The van der Waals surface area contributed by atoms with Crippen molar-refractivity contribution in [1.82, 2.24) is 4.90 Å². The van der Waals surface area contributed by atoms with Crippen molar-refractivity contribution < 1.29 is 18.3 Å². The molecule has 1 heterocycles. The minimum absolute atomic E-state index is 0. The average Bonchev–Trinajstić information content (AvgIpc) is 2.98. The van der Waals surface area contributed by atoms with Gasteiger partial charge in [0.2, 0.25) is 0 Å². The van der Waals surface area contributed by atoms with Crippen LogP contribution in [0.5, 0.6) is 0 Å². The molecule has 0 aromatic heterocycles. The largest absolute Gasteiger partial charge is 0.469 e. The van der Waals surface area contributed by atoms with E-state index < -0.39 is 17.6 Å². The van der Waals surface area contributed by atoms with Gasteiger partial charge < -0.3 is 4.74 Å². The van der Waals surface area contributed by atoms with E-state index >= 15 is 0 Å². The number of carbonyl (C=O) groups excluding carboxylic acids is 1. The van der Waals surface area contributed by atoms with Crippen LogP contribution in [0.15, 0.2) is 48.5 Å². The molecular weight excluding hydrogens is 348 g/mol. The average molecular weight is 368 g/mol. The highest BCUT2D eigenvalue weighted by molar-refractivity contribution is 5.85. The number of carbonyl (C=O) groups is 1. The summed E-state index contributed by atoms with van der Waals surface area (Å²) in [5, 5.41) is 0. The van der Waals surface area contributed by atoms with Crippen LogP contribution in [-0.4, -0.2) is 31.1 Å². The van der Waals surface area contributed by atoms with Gasteiger partial charge in [-0.1, -0.05) is 36.4 Å². The molecule has 0 unspecified atom stereocenters. The van der Waals surface area contributed by atoms with E-state index in [0.717, 1.165) is 11.6 Å². The molecule has 1 aliphatic rings. The molecule has 2 aromatic rings. The number of rotatable bonds is 4. The van der Waals surface area contributed by atoms with Crippen LogP contribution in [0.4, 0.5) is 8.78 Å². The molecule has 134 valence electrons. The smallest absolute Gasteiger partial charge is 0.310 e. The van der Waals surface area contributed by atoms with E-state index in [1.165, 1.54) is 19.2 Å². The first kappa shape index (κ1) is 19.3. The van der Waals surface area contributed by atoms with Crippen LogP contribution in [0.25, 0.3) is 0 Å². The van der Waals surface area contributed by atoms with Crippen molar-refractivity contribution in [2.45, 2.75) is 12.5 Å². The maximum Gasteiger partial charge on any atom is 0.310 e. The zero-order valence-corrected chi connectivity index (χ0v) is 14.6. The molecule has 0 bridgehead atoms. The van der Waals surface area contributed by atoms with Gasteiger partial charge in [-0.3, -0.25) is 9.69 Å². The molecule has 2 aromatic carbocycles. The third kappa shape index (κ3) is 4.35. The fourth-order valence-electron chi connectivity index (χ4n) is 3.36. The van der Waals surface area contributed by atoms with Crippen LogP contribution in [0.1, 0.15) is 17.0 Å². The Morgan fingerprint density at radius 1 is 1.16 bits per heavy atom. The molecule has 0 spiro atoms. The molecule has 1 aliphatic heterocycles. The Kier molecular flexibility index (Phi) is 6.51. The van der Waals surface area contributed by atoms with Crippen molar-refractivity contribution in [1.29, 1.82) is 0 Å². The lowest BCUT2D eigenvalue weighted by Crippen LogP contribution is -2.24. The Morgan fingerprint density at radius 2 is 1.88 bits per heavy atom. The second kappa shape index (κ2) is 8.41. The molecule has 6 heteroatoms. The van der Waals surface area contributed by atoms with Crippen LogP contribution < -0.4 is 0 Å². The van der Waals surface area contributed by atoms with Crippen LogP contribution in [0, 0.1) is 17.6 Å². The number of halogens is 3. The second-order valence-electron chi connectivity index (χ2n) is 6.08. The number of nitrogens with zero attached hydrogens (tertiary/aromatic N) is 1. The van der Waals surface area contributed by atoms with Gasteiger partial charge in [0.15, 0.2) is 0 Å². The number of hydrogen-bond donors (Lipinski definition) is 0. The van der Waals surface area contributed by atoms with Crippen molar-refractivity contribution >= 4 is 18.4 Å². The molecular formula is C19H20ClF2NO2. The van der Waals surface area contributed by atoms with Crippen molar-refractivity contribution in [3.8, 4) is 0 Å². The summed E-state index contributed by atoms with van der Waals surface area (Å²) in [5.41, 5.74) is 1.49. The molecule has 0 N–H and O–H groups in total. The molecule has 0 amide bonds. The zero-order chi connectivity index (χ0) is 17.1. The van der Waals surface area contributed by atoms with E-state index in [0.29, 0.717) is 25.2 Å². The highest BCUT2D eigenvalue weighted by Gasteiger charge is 2.40. The van der Waals surface area contributed by atoms with Gasteiger partial charge in [0.1, 0.15) is 11.6 Å². The molecule has 0 radical (unpaired) electrons. The summed E-state index contributed by atoms with van der Waals surface area (Å²) in [5.74, 6) is -2.40. The summed E-state index contributed by atoms with van der Waals surface area (Å²) in [6.45, 7) is 1.69. The summed E-state index contributed by atoms with van der Waals surface area (Å²) in [6, 6.07) is 13.4. The van der Waals surface area contributed by atoms with E-state index in [2.05, 4.69) is 4.90 Å². The highest BCUT2D eigenvalue weighted by atomic mass is 35.5. The van der Waals surface area contributed by atoms with Gasteiger partial charge >= 0.3 is 5.97 Å². The zero-order valence-electron chi connectivity index (χ0n) is 13.8. The Morgan fingerprint density at radius 3 is 2.52 bits per heavy atom. The molecule has 1 fully saturated rings. The number of methoxy groups -OCH3 is 1. The fraction of sp³-hybridized carbons (Fsp3) is 0.316. The first-order chi connectivity index (χ1) is 11.6. The van der Waals surface area contributed by atoms with E-state index in [4.69, 9.17) is 4.74 Å². The number of ether oxygens (including phenoxy) is 1. The molecule has 3 nitrogen and oxygen atoms in total. The summed E-state index contributed by atoms with van der Waals surface area (Å²) in [7, 11) is 1.33. The summed E-state index contributed by atoms with van der Waals surface area (Å²) < 4.78 is 32.3. The molecule has 2 atom stereocenters. The van der Waals surface area contributed by atoms with Gasteiger partial charge in [0.05, 0.1) is 13.0 Å². The van der Waals surface area contributed by atoms with Gasteiger partial charge in [-0.2, -0.15) is 0 Å². The van der Waals surface area contributed by atoms with E-state index in [1.807, 2.05) is 30.3 Å². The van der Waals surface area contributed by atoms with Crippen molar-refractivity contribution in [3.63, 3.8) is 0 Å². The Labute approximate surface area is 152 Å². The first-order valence-corrected chi connectivity index (χ1v) is 7.87. The lowest BCUT2D eigenvalue weighted by atomic mass is 9.88. The second-order valence-corrected chi connectivity index (χ2v) is 6.08. The number of hydrogen-bond acceptors (Lipinski definition) is 3. The quantitative estimate of drug-likeness (QED) is 0.770. The van der Waals surface area contributed by atoms with Gasteiger partial charge in [0.25, 0.3) is 0 Å². The van der Waals surface area contributed by atoms with Crippen molar-refractivity contribution in [2.75, 3.05) is 20.2 Å².